The van der Waals surface area contributed by atoms with Gasteiger partial charge in [-0.1, -0.05) is 6.07 Å². The average molecular weight is 218 g/mol. The summed E-state index contributed by atoms with van der Waals surface area (Å²) in [5.74, 6) is 0.201. The van der Waals surface area contributed by atoms with Crippen molar-refractivity contribution in [3.63, 3.8) is 0 Å². The maximum absolute atomic E-state index is 12.6. The summed E-state index contributed by atoms with van der Waals surface area (Å²) in [4.78, 5) is 0. The van der Waals surface area contributed by atoms with Gasteiger partial charge in [0.2, 0.25) is 0 Å². The van der Waals surface area contributed by atoms with Gasteiger partial charge in [0.05, 0.1) is 19.3 Å². The van der Waals surface area contributed by atoms with Crippen molar-refractivity contribution >= 4 is 0 Å². The van der Waals surface area contributed by atoms with Gasteiger partial charge in [0, 0.05) is 0 Å². The molecular weight excluding hydrogens is 209 g/mol. The van der Waals surface area contributed by atoms with Gasteiger partial charge < -0.3 is 9.47 Å². The predicted molar refractivity (Wildman–Crippen MR) is 46.7 cm³/mol. The molecule has 0 aromatic heterocycles. The number of hydrogen-bond acceptors (Lipinski definition) is 2. The van der Waals surface area contributed by atoms with Crippen molar-refractivity contribution in [2.75, 3.05) is 13.7 Å². The van der Waals surface area contributed by atoms with Crippen molar-refractivity contribution in [2.24, 2.45) is 0 Å². The lowest BCUT2D eigenvalue weighted by molar-refractivity contribution is -0.138. The van der Waals surface area contributed by atoms with Crippen LogP contribution in [0.5, 0.6) is 5.75 Å². The third-order valence-electron chi connectivity index (χ3n) is 2.25. The van der Waals surface area contributed by atoms with Crippen LogP contribution < -0.4 is 4.74 Å². The van der Waals surface area contributed by atoms with Crippen LogP contribution in [0.3, 0.4) is 0 Å². The van der Waals surface area contributed by atoms with E-state index in [1.54, 1.807) is 0 Å². The van der Waals surface area contributed by atoms with Gasteiger partial charge in [0.1, 0.15) is 11.9 Å². The molecule has 1 aliphatic heterocycles. The van der Waals surface area contributed by atoms with Gasteiger partial charge in [-0.25, -0.2) is 0 Å². The summed E-state index contributed by atoms with van der Waals surface area (Å²) in [7, 11) is 1.34. The van der Waals surface area contributed by atoms with Gasteiger partial charge in [-0.15, -0.1) is 0 Å². The largest absolute Gasteiger partial charge is 0.497 e. The minimum atomic E-state index is -4.37. The zero-order valence-electron chi connectivity index (χ0n) is 7.97. The molecule has 0 unspecified atom stereocenters. The van der Waals surface area contributed by atoms with Crippen LogP contribution in [-0.4, -0.2) is 13.7 Å². The summed E-state index contributed by atoms with van der Waals surface area (Å²) in [5, 5.41) is 0. The van der Waals surface area contributed by atoms with Crippen LogP contribution in [0.15, 0.2) is 18.2 Å². The first-order valence-corrected chi connectivity index (χ1v) is 4.39. The van der Waals surface area contributed by atoms with E-state index in [1.165, 1.54) is 19.2 Å². The fourth-order valence-corrected chi connectivity index (χ4v) is 1.42. The van der Waals surface area contributed by atoms with Crippen LogP contribution in [0.4, 0.5) is 13.2 Å². The van der Waals surface area contributed by atoms with Gasteiger partial charge in [-0.05, 0) is 17.7 Å². The average Bonchev–Trinajstić information content (AvgIpc) is 2.99. The first kappa shape index (κ1) is 10.3. The number of methoxy groups -OCH3 is 1. The Bertz CT molecular complexity index is 369. The Morgan fingerprint density at radius 2 is 2.07 bits per heavy atom. The van der Waals surface area contributed by atoms with Gasteiger partial charge in [-0.3, -0.25) is 0 Å². The summed E-state index contributed by atoms with van der Waals surface area (Å²) >= 11 is 0. The molecule has 0 radical (unpaired) electrons. The van der Waals surface area contributed by atoms with Crippen LogP contribution in [-0.2, 0) is 10.9 Å². The minimum absolute atomic E-state index is 0.184. The number of benzene rings is 1. The lowest BCUT2D eigenvalue weighted by Crippen LogP contribution is -2.09. The summed E-state index contributed by atoms with van der Waals surface area (Å²) in [5.41, 5.74) is -0.493. The van der Waals surface area contributed by atoms with Gasteiger partial charge in [0.15, 0.2) is 0 Å². The van der Waals surface area contributed by atoms with Gasteiger partial charge >= 0.3 is 6.18 Å². The van der Waals surface area contributed by atoms with Crippen LogP contribution >= 0.6 is 0 Å². The maximum atomic E-state index is 12.6. The third kappa shape index (κ3) is 2.07. The Kier molecular flexibility index (Phi) is 2.34. The maximum Gasteiger partial charge on any atom is 0.416 e. The zero-order chi connectivity index (χ0) is 11.1. The summed E-state index contributed by atoms with van der Waals surface area (Å²) < 4.78 is 47.6. The van der Waals surface area contributed by atoms with Crippen LogP contribution in [0.25, 0.3) is 0 Å². The molecule has 0 aliphatic carbocycles. The molecule has 15 heavy (non-hydrogen) atoms. The monoisotopic (exact) mass is 218 g/mol. The summed E-state index contributed by atoms with van der Waals surface area (Å²) in [6.07, 6.45) is -4.77. The second kappa shape index (κ2) is 3.41. The normalized spacial score (nSPS) is 20.1. The van der Waals surface area contributed by atoms with Gasteiger partial charge in [0.25, 0.3) is 0 Å². The molecule has 0 bridgehead atoms. The molecule has 1 saturated heterocycles. The lowest BCUT2D eigenvalue weighted by atomic mass is 10.0. The number of rotatable bonds is 2. The molecule has 0 spiro atoms. The van der Waals surface area contributed by atoms with E-state index in [4.69, 9.17) is 9.47 Å². The van der Waals surface area contributed by atoms with E-state index in [1.807, 2.05) is 0 Å². The molecule has 1 aromatic carbocycles. The quantitative estimate of drug-likeness (QED) is 0.712. The molecule has 1 atom stereocenters. The number of ether oxygens (including phenoxy) is 2. The highest BCUT2D eigenvalue weighted by atomic mass is 19.4. The van der Waals surface area contributed by atoms with E-state index in [-0.39, 0.29) is 11.3 Å². The molecule has 82 valence electrons. The molecule has 2 rings (SSSR count). The molecular formula is C10H9F3O2. The van der Waals surface area contributed by atoms with Crippen molar-refractivity contribution in [1.29, 1.82) is 0 Å². The Morgan fingerprint density at radius 1 is 1.40 bits per heavy atom. The molecule has 1 aliphatic rings. The lowest BCUT2D eigenvalue weighted by Gasteiger charge is -2.12. The second-order valence-electron chi connectivity index (χ2n) is 3.27. The van der Waals surface area contributed by atoms with Crippen LogP contribution in [0, 0.1) is 0 Å². The van der Waals surface area contributed by atoms with Crippen molar-refractivity contribution < 1.29 is 22.6 Å². The van der Waals surface area contributed by atoms with E-state index in [0.29, 0.717) is 6.61 Å². The van der Waals surface area contributed by atoms with E-state index >= 15 is 0 Å². The summed E-state index contributed by atoms with van der Waals surface area (Å²) in [6.45, 7) is 0.357. The highest BCUT2D eigenvalue weighted by Gasteiger charge is 2.39. The van der Waals surface area contributed by atoms with Crippen molar-refractivity contribution in [3.05, 3.63) is 29.3 Å². The van der Waals surface area contributed by atoms with Crippen molar-refractivity contribution in [1.82, 2.24) is 0 Å². The van der Waals surface area contributed by atoms with E-state index in [9.17, 15) is 13.2 Å². The first-order chi connectivity index (χ1) is 7.02. The molecule has 5 heteroatoms. The molecule has 1 fully saturated rings. The number of hydrogen-bond donors (Lipinski definition) is 0. The molecule has 2 nitrogen and oxygen atoms in total. The van der Waals surface area contributed by atoms with Crippen LogP contribution in [0.1, 0.15) is 17.2 Å². The number of halogens is 3. The standard InChI is InChI=1S/C10H9F3O2/c1-14-6-2-3-7(9-5-15-9)8(4-6)10(11,12)13/h2-4,9H,5H2,1H3/t9-/m0/s1. The molecule has 1 aromatic rings. The zero-order valence-corrected chi connectivity index (χ0v) is 7.97. The van der Waals surface area contributed by atoms with Crippen LogP contribution in [0.2, 0.25) is 0 Å². The Labute approximate surface area is 84.6 Å². The fourth-order valence-electron chi connectivity index (χ4n) is 1.42. The summed E-state index contributed by atoms with van der Waals surface area (Å²) in [6, 6.07) is 3.91. The van der Waals surface area contributed by atoms with Crippen molar-refractivity contribution in [2.45, 2.75) is 12.3 Å². The topological polar surface area (TPSA) is 21.8 Å². The Hall–Kier alpha value is -1.23. The predicted octanol–water partition coefficient (Wildman–Crippen LogP) is 2.79. The molecule has 1 heterocycles. The molecule has 0 N–H and O–H groups in total. The SMILES string of the molecule is COc1ccc([C@@H]2CO2)c(C(F)(F)F)c1. The Balaban J connectivity index is 2.45. The number of alkyl halides is 3. The second-order valence-corrected chi connectivity index (χ2v) is 3.27. The van der Waals surface area contributed by atoms with Crippen molar-refractivity contribution in [3.8, 4) is 5.75 Å². The van der Waals surface area contributed by atoms with E-state index in [2.05, 4.69) is 0 Å². The molecule has 0 amide bonds. The minimum Gasteiger partial charge on any atom is -0.497 e. The number of epoxide rings is 1. The Morgan fingerprint density at radius 3 is 2.53 bits per heavy atom. The first-order valence-electron chi connectivity index (χ1n) is 4.39. The fraction of sp³-hybridized carbons (Fsp3) is 0.400. The highest BCUT2D eigenvalue weighted by molar-refractivity contribution is 5.39. The smallest absolute Gasteiger partial charge is 0.416 e. The van der Waals surface area contributed by atoms with Gasteiger partial charge in [-0.2, -0.15) is 13.2 Å². The van der Waals surface area contributed by atoms with E-state index < -0.39 is 17.8 Å². The highest BCUT2D eigenvalue weighted by Crippen LogP contribution is 2.41. The van der Waals surface area contributed by atoms with E-state index in [0.717, 1.165) is 6.07 Å². The molecule has 0 saturated carbocycles. The third-order valence-corrected chi connectivity index (χ3v) is 2.25.